The first kappa shape index (κ1) is 19.3. The molecule has 0 bridgehead atoms. The van der Waals surface area contributed by atoms with Crippen LogP contribution in [0.4, 0.5) is 0 Å². The van der Waals surface area contributed by atoms with Crippen molar-refractivity contribution in [2.45, 2.75) is 51.0 Å². The van der Waals surface area contributed by atoms with E-state index in [1.807, 2.05) is 11.0 Å². The fourth-order valence-electron chi connectivity index (χ4n) is 3.34. The van der Waals surface area contributed by atoms with Crippen LogP contribution in [0.2, 0.25) is 0 Å². The van der Waals surface area contributed by atoms with Gasteiger partial charge in [-0.05, 0) is 57.2 Å². The number of hydrogen-bond donors (Lipinski definition) is 1. The molecule has 5 nitrogen and oxygen atoms in total. The zero-order valence-corrected chi connectivity index (χ0v) is 16.2. The fraction of sp³-hybridized carbons (Fsp3) is 0.600. The number of nitrogens with zero attached hydrogens (tertiary/aromatic N) is 2. The lowest BCUT2D eigenvalue weighted by molar-refractivity contribution is -0.133. The van der Waals surface area contributed by atoms with E-state index in [0.717, 1.165) is 63.7 Å². The maximum atomic E-state index is 12.4. The maximum absolute atomic E-state index is 12.4. The average Bonchev–Trinajstić information content (AvgIpc) is 3.09. The predicted molar refractivity (Wildman–Crippen MR) is 106 cm³/mol. The Bertz CT molecular complexity index is 662. The highest BCUT2D eigenvalue weighted by atomic mass is 32.1. The molecule has 0 aliphatic carbocycles. The Hall–Kier alpha value is -1.50. The number of aryl methyl sites for hydroxylation is 1. The second-order valence-electron chi connectivity index (χ2n) is 6.88. The van der Waals surface area contributed by atoms with Crippen LogP contribution in [0.25, 0.3) is 10.2 Å². The molecule has 0 unspecified atom stereocenters. The lowest BCUT2D eigenvalue weighted by Gasteiger charge is -2.32. The molecule has 26 heavy (non-hydrogen) atoms. The van der Waals surface area contributed by atoms with E-state index in [-0.39, 0.29) is 5.91 Å². The summed E-state index contributed by atoms with van der Waals surface area (Å²) in [7, 11) is 0. The zero-order valence-electron chi connectivity index (χ0n) is 15.4. The van der Waals surface area contributed by atoms with Crippen molar-refractivity contribution < 1.29 is 9.53 Å². The molecule has 2 heterocycles. The summed E-state index contributed by atoms with van der Waals surface area (Å²) in [5.41, 5.74) is 6.57. The van der Waals surface area contributed by atoms with Gasteiger partial charge in [0, 0.05) is 26.1 Å². The molecule has 1 fully saturated rings. The van der Waals surface area contributed by atoms with Gasteiger partial charge in [0.15, 0.2) is 0 Å². The van der Waals surface area contributed by atoms with Gasteiger partial charge >= 0.3 is 0 Å². The highest BCUT2D eigenvalue weighted by Crippen LogP contribution is 2.23. The molecule has 1 aromatic carbocycles. The van der Waals surface area contributed by atoms with Gasteiger partial charge in [-0.3, -0.25) is 4.79 Å². The smallest absolute Gasteiger partial charge is 0.222 e. The summed E-state index contributed by atoms with van der Waals surface area (Å²) in [6, 6.07) is 8.25. The SMILES string of the molecule is NCCCOC1CCN(C(=O)CCCCc2nc3ccccc3s2)CC1. The molecule has 0 radical (unpaired) electrons. The minimum atomic E-state index is 0.287. The van der Waals surface area contributed by atoms with Crippen LogP contribution >= 0.6 is 11.3 Å². The van der Waals surface area contributed by atoms with Crippen LogP contribution in [0.3, 0.4) is 0 Å². The van der Waals surface area contributed by atoms with Gasteiger partial charge in [0.1, 0.15) is 0 Å². The third-order valence-electron chi connectivity index (χ3n) is 4.87. The number of para-hydroxylation sites is 1. The predicted octanol–water partition coefficient (Wildman–Crippen LogP) is 3.37. The zero-order chi connectivity index (χ0) is 18.2. The van der Waals surface area contributed by atoms with Gasteiger partial charge in [0.05, 0.1) is 21.3 Å². The molecular formula is C20H29N3O2S. The van der Waals surface area contributed by atoms with Gasteiger partial charge < -0.3 is 15.4 Å². The lowest BCUT2D eigenvalue weighted by Crippen LogP contribution is -2.40. The summed E-state index contributed by atoms with van der Waals surface area (Å²) in [4.78, 5) is 19.0. The fourth-order valence-corrected chi connectivity index (χ4v) is 4.35. The van der Waals surface area contributed by atoms with Gasteiger partial charge in [-0.2, -0.15) is 0 Å². The van der Waals surface area contributed by atoms with Gasteiger partial charge in [-0.1, -0.05) is 12.1 Å². The first-order valence-electron chi connectivity index (χ1n) is 9.70. The normalized spacial score (nSPS) is 15.7. The van der Waals surface area contributed by atoms with Crippen molar-refractivity contribution in [3.8, 4) is 0 Å². The number of piperidine rings is 1. The summed E-state index contributed by atoms with van der Waals surface area (Å²) < 4.78 is 7.05. The standard InChI is InChI=1S/C20H29N3O2S/c21-12-5-15-25-16-10-13-23(14-11-16)20(24)9-4-3-8-19-22-17-6-1-2-7-18(17)26-19/h1-2,6-7,16H,3-5,8-15,21H2. The Labute approximate surface area is 159 Å². The molecule has 1 aromatic heterocycles. The number of rotatable bonds is 9. The summed E-state index contributed by atoms with van der Waals surface area (Å²) >= 11 is 1.76. The Kier molecular flexibility index (Phi) is 7.41. The Balaban J connectivity index is 1.32. The van der Waals surface area contributed by atoms with E-state index in [2.05, 4.69) is 23.2 Å². The molecule has 2 N–H and O–H groups in total. The molecule has 3 rings (SSSR count). The lowest BCUT2D eigenvalue weighted by atomic mass is 10.1. The summed E-state index contributed by atoms with van der Waals surface area (Å²) in [6.45, 7) is 3.06. The number of aromatic nitrogens is 1. The van der Waals surface area contributed by atoms with E-state index >= 15 is 0 Å². The summed E-state index contributed by atoms with van der Waals surface area (Å²) in [5, 5.41) is 1.18. The molecule has 0 spiro atoms. The second-order valence-corrected chi connectivity index (χ2v) is 7.99. The number of unbranched alkanes of at least 4 members (excludes halogenated alkanes) is 1. The van der Waals surface area contributed by atoms with Crippen molar-refractivity contribution in [2.75, 3.05) is 26.2 Å². The van der Waals surface area contributed by atoms with Gasteiger partial charge in [0.2, 0.25) is 5.91 Å². The van der Waals surface area contributed by atoms with E-state index in [0.29, 0.717) is 19.1 Å². The Morgan fingerprint density at radius 2 is 2.04 bits per heavy atom. The van der Waals surface area contributed by atoms with Crippen LogP contribution in [-0.4, -0.2) is 48.1 Å². The molecule has 2 aromatic rings. The largest absolute Gasteiger partial charge is 0.378 e. The first-order valence-corrected chi connectivity index (χ1v) is 10.5. The van der Waals surface area contributed by atoms with Crippen molar-refractivity contribution in [3.05, 3.63) is 29.3 Å². The minimum Gasteiger partial charge on any atom is -0.378 e. The molecule has 1 amide bonds. The van der Waals surface area contributed by atoms with Gasteiger partial charge in [-0.15, -0.1) is 11.3 Å². The van der Waals surface area contributed by atoms with Gasteiger partial charge in [0.25, 0.3) is 0 Å². The van der Waals surface area contributed by atoms with E-state index < -0.39 is 0 Å². The number of thiazole rings is 1. The molecule has 0 atom stereocenters. The number of benzene rings is 1. The number of likely N-dealkylation sites (tertiary alicyclic amines) is 1. The molecule has 0 saturated carbocycles. The quantitative estimate of drug-likeness (QED) is 0.682. The topological polar surface area (TPSA) is 68.5 Å². The highest BCUT2D eigenvalue weighted by molar-refractivity contribution is 7.18. The van der Waals surface area contributed by atoms with Crippen LogP contribution < -0.4 is 5.73 Å². The van der Waals surface area contributed by atoms with Crippen molar-refractivity contribution in [3.63, 3.8) is 0 Å². The number of carbonyl (C=O) groups is 1. The van der Waals surface area contributed by atoms with Crippen molar-refractivity contribution in [1.29, 1.82) is 0 Å². The second kappa shape index (κ2) is 10.00. The van der Waals surface area contributed by atoms with E-state index in [1.165, 1.54) is 9.71 Å². The van der Waals surface area contributed by atoms with Crippen molar-refractivity contribution in [2.24, 2.45) is 5.73 Å². The molecule has 6 heteroatoms. The molecule has 1 aliphatic heterocycles. The molecule has 1 aliphatic rings. The Morgan fingerprint density at radius 1 is 1.23 bits per heavy atom. The number of nitrogens with two attached hydrogens (primary N) is 1. The van der Waals surface area contributed by atoms with E-state index in [4.69, 9.17) is 10.5 Å². The number of fused-ring (bicyclic) bond motifs is 1. The van der Waals surface area contributed by atoms with Crippen LogP contribution in [0.15, 0.2) is 24.3 Å². The summed E-state index contributed by atoms with van der Waals surface area (Å²) in [5.74, 6) is 0.287. The minimum absolute atomic E-state index is 0.287. The summed E-state index contributed by atoms with van der Waals surface area (Å²) in [6.07, 6.45) is 6.65. The molecule has 1 saturated heterocycles. The number of ether oxygens (including phenoxy) is 1. The van der Waals surface area contributed by atoms with Crippen LogP contribution in [0.5, 0.6) is 0 Å². The van der Waals surface area contributed by atoms with E-state index in [9.17, 15) is 4.79 Å². The number of hydrogen-bond acceptors (Lipinski definition) is 5. The third kappa shape index (κ3) is 5.50. The van der Waals surface area contributed by atoms with Gasteiger partial charge in [-0.25, -0.2) is 4.98 Å². The van der Waals surface area contributed by atoms with E-state index in [1.54, 1.807) is 11.3 Å². The maximum Gasteiger partial charge on any atom is 0.222 e. The van der Waals surface area contributed by atoms with Crippen molar-refractivity contribution in [1.82, 2.24) is 9.88 Å². The van der Waals surface area contributed by atoms with Crippen LogP contribution in [0.1, 0.15) is 43.5 Å². The third-order valence-corrected chi connectivity index (χ3v) is 5.96. The van der Waals surface area contributed by atoms with Crippen molar-refractivity contribution >= 4 is 27.5 Å². The molecular weight excluding hydrogens is 346 g/mol. The Morgan fingerprint density at radius 3 is 2.81 bits per heavy atom. The van der Waals surface area contributed by atoms with Crippen LogP contribution in [-0.2, 0) is 16.0 Å². The average molecular weight is 376 g/mol. The van der Waals surface area contributed by atoms with Crippen LogP contribution in [0, 0.1) is 0 Å². The monoisotopic (exact) mass is 375 g/mol. The first-order chi connectivity index (χ1) is 12.8. The number of carbonyl (C=O) groups excluding carboxylic acids is 1. The highest BCUT2D eigenvalue weighted by Gasteiger charge is 2.22. The number of amides is 1. The molecule has 142 valence electrons.